The third-order valence-corrected chi connectivity index (χ3v) is 5.06. The first-order valence-electron chi connectivity index (χ1n) is 10.5. The number of aromatic nitrogens is 3. The van der Waals surface area contributed by atoms with Crippen LogP contribution in [0.15, 0.2) is 49.1 Å². The quantitative estimate of drug-likeness (QED) is 0.649. The number of carbonyl (C=O) groups excluding carboxylic acids is 1. The van der Waals surface area contributed by atoms with Gasteiger partial charge in [0.15, 0.2) is 0 Å². The SMILES string of the molecule is CC(C)(C)OC(=O)NC1CCN(c2ccncc2NCc2ccc3nccnc3c2)C1. The Bertz CT molecular complexity index is 1070. The van der Waals surface area contributed by atoms with Crippen LogP contribution in [0.25, 0.3) is 11.0 Å². The number of ether oxygens (including phenoxy) is 1. The van der Waals surface area contributed by atoms with Gasteiger partial charge >= 0.3 is 6.09 Å². The standard InChI is InChI=1S/C23H28N6O2/c1-23(2,3)31-22(30)28-17-7-11-29(15-17)21-6-8-24-14-20(21)27-13-16-4-5-18-19(12-16)26-10-9-25-18/h4-6,8-10,12,14,17,27H,7,11,13,15H2,1-3H3,(H,28,30). The molecule has 1 fully saturated rings. The summed E-state index contributed by atoms with van der Waals surface area (Å²) in [6.45, 7) is 7.83. The molecule has 1 unspecified atom stereocenters. The molecule has 1 aliphatic rings. The molecular weight excluding hydrogens is 392 g/mol. The van der Waals surface area contributed by atoms with Gasteiger partial charge in [-0.3, -0.25) is 15.0 Å². The van der Waals surface area contributed by atoms with Gasteiger partial charge in [-0.2, -0.15) is 0 Å². The van der Waals surface area contributed by atoms with Crippen molar-refractivity contribution in [1.29, 1.82) is 0 Å². The van der Waals surface area contributed by atoms with Gasteiger partial charge in [-0.1, -0.05) is 6.07 Å². The zero-order valence-electron chi connectivity index (χ0n) is 18.1. The molecule has 1 amide bonds. The van der Waals surface area contributed by atoms with Gasteiger partial charge in [-0.25, -0.2) is 4.79 Å². The van der Waals surface area contributed by atoms with Gasteiger partial charge in [0.2, 0.25) is 0 Å². The average Bonchev–Trinajstić information content (AvgIpc) is 3.19. The predicted octanol–water partition coefficient (Wildman–Crippen LogP) is 3.74. The van der Waals surface area contributed by atoms with Gasteiger partial charge in [0, 0.05) is 38.2 Å². The van der Waals surface area contributed by atoms with E-state index < -0.39 is 5.60 Å². The Morgan fingerprint density at radius 2 is 1.97 bits per heavy atom. The van der Waals surface area contributed by atoms with Gasteiger partial charge in [0.05, 0.1) is 34.6 Å². The number of nitrogens with one attached hydrogen (secondary N) is 2. The fourth-order valence-corrected chi connectivity index (χ4v) is 3.69. The van der Waals surface area contributed by atoms with Gasteiger partial charge in [0.1, 0.15) is 5.60 Å². The van der Waals surface area contributed by atoms with Crippen molar-refractivity contribution in [3.05, 3.63) is 54.6 Å². The molecule has 0 radical (unpaired) electrons. The lowest BCUT2D eigenvalue weighted by Gasteiger charge is -2.24. The smallest absolute Gasteiger partial charge is 0.407 e. The third kappa shape index (κ3) is 5.39. The zero-order chi connectivity index (χ0) is 21.8. The van der Waals surface area contributed by atoms with E-state index in [1.54, 1.807) is 18.6 Å². The average molecular weight is 421 g/mol. The fraction of sp³-hybridized carbons (Fsp3) is 0.391. The van der Waals surface area contributed by atoms with Crippen LogP contribution < -0.4 is 15.5 Å². The molecule has 31 heavy (non-hydrogen) atoms. The number of anilines is 2. The molecule has 0 aliphatic carbocycles. The number of nitrogens with zero attached hydrogens (tertiary/aromatic N) is 4. The molecule has 2 N–H and O–H groups in total. The van der Waals surface area contributed by atoms with Crippen molar-refractivity contribution in [1.82, 2.24) is 20.3 Å². The highest BCUT2D eigenvalue weighted by atomic mass is 16.6. The second-order valence-corrected chi connectivity index (χ2v) is 8.70. The maximum atomic E-state index is 12.1. The summed E-state index contributed by atoms with van der Waals surface area (Å²) < 4.78 is 5.38. The topological polar surface area (TPSA) is 92.3 Å². The maximum Gasteiger partial charge on any atom is 0.407 e. The number of benzene rings is 1. The van der Waals surface area contributed by atoms with E-state index in [1.807, 2.05) is 45.2 Å². The Labute approximate surface area is 182 Å². The molecule has 1 aromatic carbocycles. The van der Waals surface area contributed by atoms with Gasteiger partial charge < -0.3 is 20.3 Å². The summed E-state index contributed by atoms with van der Waals surface area (Å²) in [7, 11) is 0. The van der Waals surface area contributed by atoms with Crippen LogP contribution in [0.2, 0.25) is 0 Å². The van der Waals surface area contributed by atoms with Crippen LogP contribution in [0.1, 0.15) is 32.8 Å². The molecule has 1 saturated heterocycles. The molecule has 4 rings (SSSR count). The van der Waals surface area contributed by atoms with E-state index in [0.29, 0.717) is 6.54 Å². The van der Waals surface area contributed by atoms with E-state index >= 15 is 0 Å². The first-order chi connectivity index (χ1) is 14.9. The van der Waals surface area contributed by atoms with E-state index in [-0.39, 0.29) is 12.1 Å². The number of hydrogen-bond donors (Lipinski definition) is 2. The summed E-state index contributed by atoms with van der Waals surface area (Å²) in [4.78, 5) is 27.3. The van der Waals surface area contributed by atoms with Gasteiger partial charge in [-0.15, -0.1) is 0 Å². The van der Waals surface area contributed by atoms with Crippen LogP contribution in [0.3, 0.4) is 0 Å². The first kappa shape index (κ1) is 20.8. The van der Waals surface area contributed by atoms with E-state index in [1.165, 1.54) is 0 Å². The highest BCUT2D eigenvalue weighted by Gasteiger charge is 2.27. The van der Waals surface area contributed by atoms with Crippen LogP contribution in [-0.4, -0.2) is 45.8 Å². The highest BCUT2D eigenvalue weighted by molar-refractivity contribution is 5.75. The predicted molar refractivity (Wildman–Crippen MR) is 121 cm³/mol. The third-order valence-electron chi connectivity index (χ3n) is 5.06. The number of carbonyl (C=O) groups is 1. The van der Waals surface area contributed by atoms with Crippen LogP contribution in [-0.2, 0) is 11.3 Å². The Morgan fingerprint density at radius 3 is 2.77 bits per heavy atom. The molecular formula is C23H28N6O2. The lowest BCUT2D eigenvalue weighted by Crippen LogP contribution is -2.40. The van der Waals surface area contributed by atoms with Crippen molar-refractivity contribution in [3.8, 4) is 0 Å². The van der Waals surface area contributed by atoms with Crippen molar-refractivity contribution in [2.24, 2.45) is 0 Å². The molecule has 8 heteroatoms. The lowest BCUT2D eigenvalue weighted by molar-refractivity contribution is 0.0509. The second-order valence-electron chi connectivity index (χ2n) is 8.70. The summed E-state index contributed by atoms with van der Waals surface area (Å²) in [6.07, 6.45) is 7.53. The number of hydrogen-bond acceptors (Lipinski definition) is 7. The number of alkyl carbamates (subject to hydrolysis) is 1. The van der Waals surface area contributed by atoms with Crippen molar-refractivity contribution < 1.29 is 9.53 Å². The largest absolute Gasteiger partial charge is 0.444 e. The summed E-state index contributed by atoms with van der Waals surface area (Å²) in [5, 5.41) is 6.47. The molecule has 1 aliphatic heterocycles. The molecule has 3 heterocycles. The Balaban J connectivity index is 1.40. The second kappa shape index (κ2) is 8.75. The normalized spacial score (nSPS) is 16.4. The van der Waals surface area contributed by atoms with Crippen LogP contribution in [0, 0.1) is 0 Å². The Hall–Kier alpha value is -3.42. The summed E-state index contributed by atoms with van der Waals surface area (Å²) in [6, 6.07) is 8.13. The minimum Gasteiger partial charge on any atom is -0.444 e. The van der Waals surface area contributed by atoms with E-state index in [9.17, 15) is 4.79 Å². The maximum absolute atomic E-state index is 12.1. The number of pyridine rings is 1. The fourth-order valence-electron chi connectivity index (χ4n) is 3.69. The lowest BCUT2D eigenvalue weighted by atomic mass is 10.2. The number of fused-ring (bicyclic) bond motifs is 1. The highest BCUT2D eigenvalue weighted by Crippen LogP contribution is 2.28. The summed E-state index contributed by atoms with van der Waals surface area (Å²) in [5.74, 6) is 0. The summed E-state index contributed by atoms with van der Waals surface area (Å²) >= 11 is 0. The molecule has 2 aromatic heterocycles. The van der Waals surface area contributed by atoms with Crippen molar-refractivity contribution in [2.45, 2.75) is 45.4 Å². The zero-order valence-corrected chi connectivity index (χ0v) is 18.1. The first-order valence-corrected chi connectivity index (χ1v) is 10.5. The molecule has 0 saturated carbocycles. The molecule has 3 aromatic rings. The van der Waals surface area contributed by atoms with Gasteiger partial charge in [0.25, 0.3) is 0 Å². The molecule has 8 nitrogen and oxygen atoms in total. The minimum atomic E-state index is -0.501. The molecule has 0 bridgehead atoms. The van der Waals surface area contributed by atoms with Gasteiger partial charge in [-0.05, 0) is 51.0 Å². The molecule has 0 spiro atoms. The Kier molecular flexibility index (Phi) is 5.88. The van der Waals surface area contributed by atoms with Crippen LogP contribution in [0.4, 0.5) is 16.2 Å². The number of rotatable bonds is 5. The van der Waals surface area contributed by atoms with Crippen molar-refractivity contribution in [2.75, 3.05) is 23.3 Å². The Morgan fingerprint density at radius 1 is 1.16 bits per heavy atom. The summed E-state index contributed by atoms with van der Waals surface area (Å²) in [5.41, 5.74) is 4.41. The van der Waals surface area contributed by atoms with Crippen LogP contribution >= 0.6 is 0 Å². The van der Waals surface area contributed by atoms with E-state index in [0.717, 1.165) is 47.5 Å². The molecule has 1 atom stereocenters. The number of amides is 1. The van der Waals surface area contributed by atoms with Crippen molar-refractivity contribution in [3.63, 3.8) is 0 Å². The van der Waals surface area contributed by atoms with E-state index in [4.69, 9.17) is 4.74 Å². The molecule has 162 valence electrons. The monoisotopic (exact) mass is 420 g/mol. The van der Waals surface area contributed by atoms with Crippen molar-refractivity contribution >= 4 is 28.5 Å². The van der Waals surface area contributed by atoms with E-state index in [2.05, 4.69) is 36.6 Å². The van der Waals surface area contributed by atoms with Crippen LogP contribution in [0.5, 0.6) is 0 Å². The minimum absolute atomic E-state index is 0.0509.